The molecule has 7 nitrogen and oxygen atoms in total. The van der Waals surface area contributed by atoms with Gasteiger partial charge in [0.1, 0.15) is 0 Å². The van der Waals surface area contributed by atoms with Gasteiger partial charge in [-0.3, -0.25) is 0 Å². The lowest BCUT2D eigenvalue weighted by atomic mass is 10.1. The van der Waals surface area contributed by atoms with Gasteiger partial charge >= 0.3 is 0 Å². The van der Waals surface area contributed by atoms with Crippen molar-refractivity contribution in [3.8, 4) is 0 Å². The number of hydrogen-bond donors (Lipinski definition) is 2. The second kappa shape index (κ2) is 6.33. The van der Waals surface area contributed by atoms with Crippen molar-refractivity contribution in [3.63, 3.8) is 0 Å². The third kappa shape index (κ3) is 3.66. The highest BCUT2D eigenvalue weighted by atomic mass is 32.2. The van der Waals surface area contributed by atoms with Gasteiger partial charge in [0.05, 0.1) is 18.0 Å². The molecule has 2 N–H and O–H groups in total. The summed E-state index contributed by atoms with van der Waals surface area (Å²) >= 11 is 0. The van der Waals surface area contributed by atoms with Gasteiger partial charge in [-0.1, -0.05) is 18.1 Å². The highest BCUT2D eigenvalue weighted by Gasteiger charge is 2.17. The van der Waals surface area contributed by atoms with Gasteiger partial charge in [0.25, 0.3) is 0 Å². The molecule has 0 saturated carbocycles. The SMILES string of the molecule is CCc1ccc(S(=O)(=O)NCc2nc(C)no2)cc1CO. The summed E-state index contributed by atoms with van der Waals surface area (Å²) in [6.07, 6.45) is 0.727. The third-order valence-electron chi connectivity index (χ3n) is 3.02. The normalized spacial score (nSPS) is 11.8. The third-order valence-corrected chi connectivity index (χ3v) is 4.42. The van der Waals surface area contributed by atoms with Crippen LogP contribution in [0.1, 0.15) is 29.8 Å². The Balaban J connectivity index is 2.19. The molecule has 1 heterocycles. The Morgan fingerprint density at radius 1 is 1.33 bits per heavy atom. The Hall–Kier alpha value is -1.77. The molecule has 1 aromatic heterocycles. The van der Waals surface area contributed by atoms with Crippen molar-refractivity contribution in [1.29, 1.82) is 0 Å². The predicted molar refractivity (Wildman–Crippen MR) is 74.8 cm³/mol. The quantitative estimate of drug-likeness (QED) is 0.821. The first-order valence-corrected chi connectivity index (χ1v) is 7.96. The molecule has 0 aliphatic rings. The van der Waals surface area contributed by atoms with Gasteiger partial charge in [0.2, 0.25) is 15.9 Å². The molecule has 0 atom stereocenters. The summed E-state index contributed by atoms with van der Waals surface area (Å²) in [5, 5.41) is 12.9. The summed E-state index contributed by atoms with van der Waals surface area (Å²) in [7, 11) is -3.70. The van der Waals surface area contributed by atoms with Gasteiger partial charge in [-0.15, -0.1) is 0 Å². The monoisotopic (exact) mass is 311 g/mol. The van der Waals surface area contributed by atoms with Crippen LogP contribution in [0.25, 0.3) is 0 Å². The van der Waals surface area contributed by atoms with E-state index in [1.54, 1.807) is 13.0 Å². The summed E-state index contributed by atoms with van der Waals surface area (Å²) in [6.45, 7) is 3.32. The minimum atomic E-state index is -3.70. The smallest absolute Gasteiger partial charge is 0.241 e. The number of aromatic nitrogens is 2. The molecule has 0 unspecified atom stereocenters. The van der Waals surface area contributed by atoms with E-state index in [-0.39, 0.29) is 23.9 Å². The highest BCUT2D eigenvalue weighted by Crippen LogP contribution is 2.17. The van der Waals surface area contributed by atoms with Gasteiger partial charge in [-0.2, -0.15) is 4.98 Å². The zero-order chi connectivity index (χ0) is 15.5. The number of benzene rings is 1. The lowest BCUT2D eigenvalue weighted by Gasteiger charge is -2.09. The Morgan fingerprint density at radius 3 is 2.67 bits per heavy atom. The number of sulfonamides is 1. The van der Waals surface area contributed by atoms with Crippen LogP contribution in [0, 0.1) is 6.92 Å². The minimum Gasteiger partial charge on any atom is -0.392 e. The van der Waals surface area contributed by atoms with Gasteiger partial charge in [0, 0.05) is 0 Å². The summed E-state index contributed by atoms with van der Waals surface area (Å²) in [6, 6.07) is 4.69. The minimum absolute atomic E-state index is 0.0762. The standard InChI is InChI=1S/C13H17N3O4S/c1-3-10-4-5-12(6-11(10)8-17)21(18,19)14-7-13-15-9(2)16-20-13/h4-6,14,17H,3,7-8H2,1-2H3. The molecule has 0 bridgehead atoms. The average molecular weight is 311 g/mol. The maximum absolute atomic E-state index is 12.2. The molecule has 0 radical (unpaired) electrons. The molecule has 0 aliphatic heterocycles. The number of aliphatic hydroxyl groups excluding tert-OH is 1. The number of nitrogens with one attached hydrogen (secondary N) is 1. The molecular formula is C13H17N3O4S. The molecule has 0 saturated heterocycles. The number of aryl methyl sites for hydroxylation is 2. The Labute approximate surface area is 123 Å². The first-order valence-electron chi connectivity index (χ1n) is 6.47. The van der Waals surface area contributed by atoms with E-state index in [1.165, 1.54) is 12.1 Å². The van der Waals surface area contributed by atoms with Crippen LogP contribution in [0.3, 0.4) is 0 Å². The van der Waals surface area contributed by atoms with Crippen molar-refractivity contribution >= 4 is 10.0 Å². The van der Waals surface area contributed by atoms with Gasteiger partial charge < -0.3 is 9.63 Å². The van der Waals surface area contributed by atoms with E-state index < -0.39 is 10.0 Å². The lowest BCUT2D eigenvalue weighted by Crippen LogP contribution is -2.23. The zero-order valence-corrected chi connectivity index (χ0v) is 12.6. The molecule has 0 aliphatic carbocycles. The van der Waals surface area contributed by atoms with Crippen LogP contribution in [0.5, 0.6) is 0 Å². The van der Waals surface area contributed by atoms with Crippen LogP contribution in [-0.4, -0.2) is 23.7 Å². The highest BCUT2D eigenvalue weighted by molar-refractivity contribution is 7.89. The number of hydrogen-bond acceptors (Lipinski definition) is 6. The van der Waals surface area contributed by atoms with Crippen LogP contribution in [-0.2, 0) is 29.6 Å². The molecule has 8 heteroatoms. The van der Waals surface area contributed by atoms with Crippen molar-refractivity contribution in [2.24, 2.45) is 0 Å². The van der Waals surface area contributed by atoms with Crippen molar-refractivity contribution in [3.05, 3.63) is 41.0 Å². The van der Waals surface area contributed by atoms with E-state index in [0.29, 0.717) is 11.4 Å². The molecule has 0 amide bonds. The van der Waals surface area contributed by atoms with Crippen LogP contribution >= 0.6 is 0 Å². The number of rotatable bonds is 6. The maximum Gasteiger partial charge on any atom is 0.241 e. The van der Waals surface area contributed by atoms with Crippen molar-refractivity contribution < 1.29 is 18.0 Å². The van der Waals surface area contributed by atoms with Crippen LogP contribution in [0.2, 0.25) is 0 Å². The van der Waals surface area contributed by atoms with Crippen LogP contribution in [0.4, 0.5) is 0 Å². The summed E-state index contributed by atoms with van der Waals surface area (Å²) in [5.74, 6) is 0.641. The first-order chi connectivity index (χ1) is 9.96. The van der Waals surface area contributed by atoms with Crippen molar-refractivity contribution in [1.82, 2.24) is 14.9 Å². The summed E-state index contributed by atoms with van der Waals surface area (Å²) < 4.78 is 31.6. The van der Waals surface area contributed by atoms with E-state index in [2.05, 4.69) is 14.9 Å². The fourth-order valence-electron chi connectivity index (χ4n) is 1.91. The first kappa shape index (κ1) is 15.6. The fourth-order valence-corrected chi connectivity index (χ4v) is 2.94. The van der Waals surface area contributed by atoms with E-state index in [1.807, 2.05) is 6.92 Å². The van der Waals surface area contributed by atoms with Gasteiger partial charge in [0.15, 0.2) is 5.82 Å². The van der Waals surface area contributed by atoms with Gasteiger partial charge in [-0.05, 0) is 36.6 Å². The average Bonchev–Trinajstić information content (AvgIpc) is 2.90. The molecule has 114 valence electrons. The maximum atomic E-state index is 12.2. The Kier molecular flexibility index (Phi) is 4.71. The summed E-state index contributed by atoms with van der Waals surface area (Å²) in [5.41, 5.74) is 1.53. The van der Waals surface area contributed by atoms with E-state index in [9.17, 15) is 13.5 Å². The largest absolute Gasteiger partial charge is 0.392 e. The van der Waals surface area contributed by atoms with E-state index >= 15 is 0 Å². The molecular weight excluding hydrogens is 294 g/mol. The van der Waals surface area contributed by atoms with Crippen LogP contribution in [0.15, 0.2) is 27.6 Å². The van der Waals surface area contributed by atoms with Crippen molar-refractivity contribution in [2.75, 3.05) is 0 Å². The number of aliphatic hydroxyl groups is 1. The molecule has 2 aromatic rings. The van der Waals surface area contributed by atoms with Crippen molar-refractivity contribution in [2.45, 2.75) is 38.3 Å². The molecule has 21 heavy (non-hydrogen) atoms. The molecule has 2 rings (SSSR count). The molecule has 1 aromatic carbocycles. The Bertz CT molecular complexity index is 725. The molecule has 0 spiro atoms. The van der Waals surface area contributed by atoms with E-state index in [4.69, 9.17) is 4.52 Å². The molecule has 0 fully saturated rings. The zero-order valence-electron chi connectivity index (χ0n) is 11.8. The summed E-state index contributed by atoms with van der Waals surface area (Å²) in [4.78, 5) is 4.02. The fraction of sp³-hybridized carbons (Fsp3) is 0.385. The number of nitrogens with zero attached hydrogens (tertiary/aromatic N) is 2. The van der Waals surface area contributed by atoms with E-state index in [0.717, 1.165) is 12.0 Å². The predicted octanol–water partition coefficient (Wildman–Crippen LogP) is 0.911. The second-order valence-electron chi connectivity index (χ2n) is 4.50. The Morgan fingerprint density at radius 2 is 2.10 bits per heavy atom. The van der Waals surface area contributed by atoms with Gasteiger partial charge in [-0.25, -0.2) is 13.1 Å². The second-order valence-corrected chi connectivity index (χ2v) is 6.27. The lowest BCUT2D eigenvalue weighted by molar-refractivity contribution is 0.280. The topological polar surface area (TPSA) is 105 Å². The van der Waals surface area contributed by atoms with Crippen LogP contribution < -0.4 is 4.72 Å².